The highest BCUT2D eigenvalue weighted by Gasteiger charge is 2.22. The number of hydrogen-bond donors (Lipinski definition) is 2. The molecule has 0 amide bonds. The molecule has 2 N–H and O–H groups in total. The van der Waals surface area contributed by atoms with Crippen LogP contribution >= 0.6 is 11.6 Å². The summed E-state index contributed by atoms with van der Waals surface area (Å²) in [5.41, 5.74) is 0. The van der Waals surface area contributed by atoms with Crippen LogP contribution in [-0.4, -0.2) is 52.6 Å². The van der Waals surface area contributed by atoms with E-state index in [0.29, 0.717) is 6.54 Å². The molecule has 0 aliphatic carbocycles. The molecule has 0 atom stereocenters. The Balaban J connectivity index is 1.97. The van der Waals surface area contributed by atoms with Gasteiger partial charge >= 0.3 is 0 Å². The lowest BCUT2D eigenvalue weighted by molar-refractivity contribution is 0.245. The van der Waals surface area contributed by atoms with Crippen molar-refractivity contribution in [2.45, 2.75) is 4.90 Å². The van der Waals surface area contributed by atoms with E-state index in [0.717, 1.165) is 32.2 Å². The van der Waals surface area contributed by atoms with Crippen molar-refractivity contribution in [1.82, 2.24) is 14.9 Å². The van der Waals surface area contributed by atoms with Gasteiger partial charge < -0.3 is 5.32 Å². The highest BCUT2D eigenvalue weighted by molar-refractivity contribution is 7.89. The highest BCUT2D eigenvalue weighted by atomic mass is 35.5. The molecule has 0 unspecified atom stereocenters. The maximum atomic E-state index is 13.6. The van der Waals surface area contributed by atoms with Crippen LogP contribution in [0.2, 0.25) is 5.02 Å². The Morgan fingerprint density at radius 2 is 2.05 bits per heavy atom. The first-order valence-electron chi connectivity index (χ1n) is 6.37. The van der Waals surface area contributed by atoms with Gasteiger partial charge in [-0.15, -0.1) is 0 Å². The van der Waals surface area contributed by atoms with Gasteiger partial charge in [0.1, 0.15) is 10.7 Å². The second kappa shape index (κ2) is 6.82. The molecular weight excluding hydrogens is 305 g/mol. The van der Waals surface area contributed by atoms with Gasteiger partial charge in [0.25, 0.3) is 0 Å². The second-order valence-corrected chi connectivity index (χ2v) is 6.65. The fourth-order valence-corrected chi connectivity index (χ4v) is 3.71. The molecule has 0 saturated carbocycles. The fourth-order valence-electron chi connectivity index (χ4n) is 2.08. The van der Waals surface area contributed by atoms with Crippen molar-refractivity contribution in [2.75, 3.05) is 39.3 Å². The van der Waals surface area contributed by atoms with Gasteiger partial charge in [-0.05, 0) is 12.1 Å². The van der Waals surface area contributed by atoms with E-state index in [4.69, 9.17) is 11.6 Å². The van der Waals surface area contributed by atoms with Crippen molar-refractivity contribution in [2.24, 2.45) is 0 Å². The number of rotatable bonds is 5. The van der Waals surface area contributed by atoms with E-state index in [2.05, 4.69) is 14.9 Å². The van der Waals surface area contributed by atoms with Gasteiger partial charge in [-0.25, -0.2) is 17.5 Å². The third-order valence-electron chi connectivity index (χ3n) is 3.12. The van der Waals surface area contributed by atoms with Gasteiger partial charge in [-0.3, -0.25) is 4.90 Å². The molecule has 0 radical (unpaired) electrons. The Morgan fingerprint density at radius 1 is 1.35 bits per heavy atom. The zero-order valence-electron chi connectivity index (χ0n) is 10.9. The topological polar surface area (TPSA) is 61.4 Å². The molecule has 5 nitrogen and oxygen atoms in total. The molecular formula is C12H17ClFN3O2S. The largest absolute Gasteiger partial charge is 0.314 e. The van der Waals surface area contributed by atoms with Crippen molar-refractivity contribution < 1.29 is 12.8 Å². The normalized spacial score (nSPS) is 17.3. The quantitative estimate of drug-likeness (QED) is 0.836. The van der Waals surface area contributed by atoms with Crippen LogP contribution < -0.4 is 10.0 Å². The van der Waals surface area contributed by atoms with E-state index in [1.165, 1.54) is 12.1 Å². The minimum absolute atomic E-state index is 0.111. The SMILES string of the molecule is O=S(=O)(NCCN1CCNCC1)c1c(F)cccc1Cl. The zero-order valence-corrected chi connectivity index (χ0v) is 12.5. The van der Waals surface area contributed by atoms with Crippen molar-refractivity contribution in [1.29, 1.82) is 0 Å². The summed E-state index contributed by atoms with van der Waals surface area (Å²) < 4.78 is 40.1. The minimum Gasteiger partial charge on any atom is -0.314 e. The van der Waals surface area contributed by atoms with Gasteiger partial charge in [0.2, 0.25) is 10.0 Å². The first-order chi connectivity index (χ1) is 9.50. The average Bonchev–Trinajstić information content (AvgIpc) is 2.39. The molecule has 2 rings (SSSR count). The van der Waals surface area contributed by atoms with Crippen molar-refractivity contribution in [3.05, 3.63) is 29.0 Å². The Hall–Kier alpha value is -0.730. The highest BCUT2D eigenvalue weighted by Crippen LogP contribution is 2.23. The number of benzene rings is 1. The summed E-state index contributed by atoms with van der Waals surface area (Å²) in [5, 5.41) is 3.10. The van der Waals surface area contributed by atoms with Gasteiger partial charge in [-0.1, -0.05) is 17.7 Å². The summed E-state index contributed by atoms with van der Waals surface area (Å²) in [5.74, 6) is -0.841. The fraction of sp³-hybridized carbons (Fsp3) is 0.500. The molecule has 1 aliphatic rings. The number of nitrogens with one attached hydrogen (secondary N) is 2. The Labute approximate surface area is 123 Å². The molecule has 1 saturated heterocycles. The average molecular weight is 322 g/mol. The predicted octanol–water partition coefficient (Wildman–Crippen LogP) is 0.663. The van der Waals surface area contributed by atoms with Crippen molar-refractivity contribution >= 4 is 21.6 Å². The summed E-state index contributed by atoms with van der Waals surface area (Å²) >= 11 is 5.76. The minimum atomic E-state index is -3.92. The monoisotopic (exact) mass is 321 g/mol. The van der Waals surface area contributed by atoms with Crippen molar-refractivity contribution in [3.63, 3.8) is 0 Å². The van der Waals surface area contributed by atoms with E-state index >= 15 is 0 Å². The first kappa shape index (κ1) is 15.7. The lowest BCUT2D eigenvalue weighted by Crippen LogP contribution is -2.46. The molecule has 1 aromatic carbocycles. The third-order valence-corrected chi connectivity index (χ3v) is 5.08. The second-order valence-electron chi connectivity index (χ2n) is 4.54. The molecule has 1 aliphatic heterocycles. The number of piperazine rings is 1. The Bertz CT molecular complexity index is 542. The van der Waals surface area contributed by atoms with E-state index < -0.39 is 20.7 Å². The maximum Gasteiger partial charge on any atom is 0.245 e. The summed E-state index contributed by atoms with van der Waals surface area (Å²) in [6.07, 6.45) is 0. The maximum absolute atomic E-state index is 13.6. The van der Waals surface area contributed by atoms with Crippen LogP contribution in [0.5, 0.6) is 0 Å². The number of sulfonamides is 1. The molecule has 1 fully saturated rings. The van der Waals surface area contributed by atoms with Crippen LogP contribution in [0, 0.1) is 5.82 Å². The van der Waals surface area contributed by atoms with Gasteiger partial charge in [0, 0.05) is 39.3 Å². The smallest absolute Gasteiger partial charge is 0.245 e. The molecule has 8 heteroatoms. The molecule has 20 heavy (non-hydrogen) atoms. The van der Waals surface area contributed by atoms with Gasteiger partial charge in [0.05, 0.1) is 5.02 Å². The molecule has 0 bridgehead atoms. The van der Waals surface area contributed by atoms with Gasteiger partial charge in [0.15, 0.2) is 0 Å². The van der Waals surface area contributed by atoms with Gasteiger partial charge in [-0.2, -0.15) is 0 Å². The van der Waals surface area contributed by atoms with Crippen LogP contribution in [0.1, 0.15) is 0 Å². The molecule has 0 spiro atoms. The number of hydrogen-bond acceptors (Lipinski definition) is 4. The number of nitrogens with zero attached hydrogens (tertiary/aromatic N) is 1. The summed E-state index contributed by atoms with van der Waals surface area (Å²) in [4.78, 5) is 1.66. The van der Waals surface area contributed by atoms with Crippen LogP contribution in [0.15, 0.2) is 23.1 Å². The standard InChI is InChI=1S/C12H17ClFN3O2S/c13-10-2-1-3-11(14)12(10)20(18,19)16-6-9-17-7-4-15-5-8-17/h1-3,15-16H,4-9H2. The van der Waals surface area contributed by atoms with E-state index in [1.807, 2.05) is 0 Å². The zero-order chi connectivity index (χ0) is 14.6. The Morgan fingerprint density at radius 3 is 2.70 bits per heavy atom. The van der Waals surface area contributed by atoms with E-state index in [1.54, 1.807) is 0 Å². The summed E-state index contributed by atoms with van der Waals surface area (Å²) in [6, 6.07) is 3.81. The van der Waals surface area contributed by atoms with Crippen LogP contribution in [0.3, 0.4) is 0 Å². The predicted molar refractivity (Wildman–Crippen MR) is 75.9 cm³/mol. The number of halogens is 2. The van der Waals surface area contributed by atoms with Crippen molar-refractivity contribution in [3.8, 4) is 0 Å². The molecule has 0 aromatic heterocycles. The van der Waals surface area contributed by atoms with Crippen LogP contribution in [0.4, 0.5) is 4.39 Å². The van der Waals surface area contributed by atoms with Crippen LogP contribution in [0.25, 0.3) is 0 Å². The van der Waals surface area contributed by atoms with E-state index in [9.17, 15) is 12.8 Å². The molecule has 112 valence electrons. The van der Waals surface area contributed by atoms with E-state index in [-0.39, 0.29) is 11.6 Å². The first-order valence-corrected chi connectivity index (χ1v) is 8.23. The lowest BCUT2D eigenvalue weighted by atomic mass is 10.3. The molecule has 1 aromatic rings. The summed E-state index contributed by atoms with van der Waals surface area (Å²) in [7, 11) is -3.92. The lowest BCUT2D eigenvalue weighted by Gasteiger charge is -2.27. The third kappa shape index (κ3) is 3.89. The Kier molecular flexibility index (Phi) is 5.34. The van der Waals surface area contributed by atoms with Crippen LogP contribution in [-0.2, 0) is 10.0 Å². The molecule has 1 heterocycles. The summed E-state index contributed by atoms with van der Waals surface area (Å²) in [6.45, 7) is 4.36.